The lowest BCUT2D eigenvalue weighted by molar-refractivity contribution is -0.137. The van der Waals surface area contributed by atoms with Gasteiger partial charge in [-0.25, -0.2) is 24.5 Å². The normalized spacial score (nSPS) is 13.2. The summed E-state index contributed by atoms with van der Waals surface area (Å²) in [4.78, 5) is 45.9. The number of ether oxygens (including phenoxy) is 2. The van der Waals surface area contributed by atoms with Crippen molar-refractivity contribution in [1.82, 2.24) is 40.1 Å². The first-order valence-corrected chi connectivity index (χ1v) is 20.9. The van der Waals surface area contributed by atoms with E-state index in [0.29, 0.717) is 60.5 Å². The summed E-state index contributed by atoms with van der Waals surface area (Å²) >= 11 is 5.97. The zero-order chi connectivity index (χ0) is 47.7. The van der Waals surface area contributed by atoms with Crippen LogP contribution < -0.4 is 37.6 Å². The van der Waals surface area contributed by atoms with Crippen molar-refractivity contribution in [2.45, 2.75) is 157 Å². The summed E-state index contributed by atoms with van der Waals surface area (Å²) in [6.45, 7) is 27.7. The van der Waals surface area contributed by atoms with Crippen molar-refractivity contribution in [2.24, 2.45) is 0 Å². The summed E-state index contributed by atoms with van der Waals surface area (Å²) in [5.74, 6) is 1.68. The molecule has 17 nitrogen and oxygen atoms in total. The van der Waals surface area contributed by atoms with E-state index in [4.69, 9.17) is 26.8 Å². The van der Waals surface area contributed by atoms with Gasteiger partial charge >= 0.3 is 18.4 Å². The molecule has 0 fully saturated rings. The molecule has 8 N–H and O–H groups in total. The summed E-state index contributed by atoms with van der Waals surface area (Å²) in [5, 5.41) is 17.9. The van der Waals surface area contributed by atoms with Crippen molar-refractivity contribution in [3.8, 4) is 0 Å². The van der Waals surface area contributed by atoms with Gasteiger partial charge in [-0.05, 0) is 115 Å². The Bertz CT molecular complexity index is 2160. The van der Waals surface area contributed by atoms with E-state index in [0.717, 1.165) is 12.1 Å². The highest BCUT2D eigenvalue weighted by Crippen LogP contribution is 2.34. The maximum absolute atomic E-state index is 13.4. The number of amides is 2. The van der Waals surface area contributed by atoms with Gasteiger partial charge < -0.3 is 47.1 Å². The molecule has 63 heavy (non-hydrogen) atoms. The third-order valence-electron chi connectivity index (χ3n) is 7.93. The van der Waals surface area contributed by atoms with E-state index >= 15 is 0 Å². The molecular weight excluding hydrogens is 843 g/mol. The van der Waals surface area contributed by atoms with E-state index in [9.17, 15) is 22.8 Å². The molecule has 3 aromatic heterocycles. The van der Waals surface area contributed by atoms with Gasteiger partial charge in [0.25, 0.3) is 0 Å². The fourth-order valence-corrected chi connectivity index (χ4v) is 5.60. The minimum Gasteiger partial charge on any atom is -0.446 e. The van der Waals surface area contributed by atoms with Gasteiger partial charge in [0, 0.05) is 58.8 Å². The lowest BCUT2D eigenvalue weighted by atomic mass is 10.1. The Hall–Kier alpha value is -5.53. The number of carbonyl (C=O) groups excluding carboxylic acids is 2. The van der Waals surface area contributed by atoms with Crippen molar-refractivity contribution in [1.29, 1.82) is 0 Å². The molecular formula is C42H65ClF3N13O4. The molecule has 0 bridgehead atoms. The largest absolute Gasteiger partial charge is 0.446 e. The Morgan fingerprint density at radius 1 is 0.746 bits per heavy atom. The molecule has 350 valence electrons. The van der Waals surface area contributed by atoms with Crippen molar-refractivity contribution >= 4 is 70.0 Å². The highest BCUT2D eigenvalue weighted by molar-refractivity contribution is 6.31. The number of carbonyl (C=O) groups is 2. The number of rotatable bonds is 13. The molecule has 0 saturated carbocycles. The Labute approximate surface area is 373 Å². The summed E-state index contributed by atoms with van der Waals surface area (Å²) in [6.07, 6.45) is -2.12. The lowest BCUT2D eigenvalue weighted by Crippen LogP contribution is -2.42. The zero-order valence-electron chi connectivity index (χ0n) is 38.8. The molecule has 4 aromatic rings. The minimum atomic E-state index is -4.57. The summed E-state index contributed by atoms with van der Waals surface area (Å²) in [5.41, 5.74) is 5.27. The maximum Gasteiger partial charge on any atom is 0.416 e. The van der Waals surface area contributed by atoms with Gasteiger partial charge in [0.2, 0.25) is 17.8 Å². The predicted octanol–water partition coefficient (Wildman–Crippen LogP) is 9.74. The highest BCUT2D eigenvalue weighted by Gasteiger charge is 2.31. The molecule has 1 aromatic carbocycles. The van der Waals surface area contributed by atoms with Gasteiger partial charge in [0.05, 0.1) is 23.6 Å². The number of aromatic nitrogens is 6. The number of nitrogen functional groups attached to an aromatic ring is 1. The van der Waals surface area contributed by atoms with E-state index in [2.05, 4.69) is 56.8 Å². The van der Waals surface area contributed by atoms with Crippen LogP contribution in [0.3, 0.4) is 0 Å². The third kappa shape index (κ3) is 19.2. The van der Waals surface area contributed by atoms with Crippen LogP contribution in [0, 0.1) is 0 Å². The molecule has 2 unspecified atom stereocenters. The van der Waals surface area contributed by atoms with Crippen LogP contribution in [0.4, 0.5) is 57.8 Å². The molecule has 2 amide bonds. The highest BCUT2D eigenvalue weighted by atomic mass is 35.5. The number of hydrogen-bond acceptors (Lipinski definition) is 14. The molecule has 0 aliphatic rings. The number of benzene rings is 1. The molecule has 0 aliphatic heterocycles. The molecule has 0 spiro atoms. The number of nitrogens with zero attached hydrogens (tertiary/aromatic N) is 6. The molecule has 0 saturated heterocycles. The van der Waals surface area contributed by atoms with E-state index in [-0.39, 0.29) is 39.4 Å². The quantitative estimate of drug-likeness (QED) is 0.0664. The fourth-order valence-electron chi connectivity index (χ4n) is 5.36. The van der Waals surface area contributed by atoms with E-state index < -0.39 is 35.6 Å². The van der Waals surface area contributed by atoms with E-state index in [1.165, 1.54) is 12.3 Å². The van der Waals surface area contributed by atoms with Gasteiger partial charge in [-0.15, -0.1) is 0 Å². The van der Waals surface area contributed by atoms with E-state index in [1.54, 1.807) is 17.7 Å². The number of fused-ring (bicyclic) bond motifs is 1. The number of nitrogens with one attached hydrogen (secondary N) is 6. The van der Waals surface area contributed by atoms with Crippen LogP contribution in [0.25, 0.3) is 11.2 Å². The number of imidazole rings is 1. The van der Waals surface area contributed by atoms with Crippen LogP contribution in [0.15, 0.2) is 30.6 Å². The average molecular weight is 909 g/mol. The van der Waals surface area contributed by atoms with Crippen molar-refractivity contribution < 1.29 is 32.2 Å². The lowest BCUT2D eigenvalue weighted by Gasteiger charge is -2.22. The summed E-state index contributed by atoms with van der Waals surface area (Å²) in [6, 6.07) is 3.19. The average Bonchev–Trinajstić information content (AvgIpc) is 3.40. The number of anilines is 6. The van der Waals surface area contributed by atoms with Crippen LogP contribution >= 0.6 is 11.6 Å². The van der Waals surface area contributed by atoms with Crippen molar-refractivity contribution in [2.75, 3.05) is 33.5 Å². The third-order valence-corrected chi connectivity index (χ3v) is 8.15. The maximum atomic E-state index is 13.4. The Kier molecular flexibility index (Phi) is 17.1. The van der Waals surface area contributed by atoms with Gasteiger partial charge in [-0.1, -0.05) is 11.6 Å². The molecule has 3 heterocycles. The van der Waals surface area contributed by atoms with Crippen LogP contribution in [0.5, 0.6) is 0 Å². The van der Waals surface area contributed by atoms with Crippen molar-refractivity contribution in [3.05, 3.63) is 41.2 Å². The van der Waals surface area contributed by atoms with Gasteiger partial charge in [0.15, 0.2) is 11.5 Å². The second-order valence-electron chi connectivity index (χ2n) is 19.3. The standard InChI is InChI=1S/C25H33ClF3N7O2.C17H32N6O2/c1-14(38-22(37)35-24(5,6)7)8-9-36-19-18(13-30-20(33-19)34-23(2,3)4)32-21(36)31-17-11-15(25(27,28)29)10-16(26)12-17;1-11(25-15(24)23-17(5,6)7)8-9-19-13-12(18)10-20-14(21-13)22-16(2,3)4/h10-14H,8-9H2,1-7H3,(H,31,32)(H,35,37)(H,30,33,34);10-11H,8-9,18H2,1-7H3,(H,23,24)(H2,19,20,21,22). The van der Waals surface area contributed by atoms with Gasteiger partial charge in [0.1, 0.15) is 17.7 Å². The van der Waals surface area contributed by atoms with Gasteiger partial charge in [-0.2, -0.15) is 23.1 Å². The molecule has 2 atom stereocenters. The fraction of sp³-hybridized carbons (Fsp3) is 0.595. The smallest absolute Gasteiger partial charge is 0.416 e. The summed E-state index contributed by atoms with van der Waals surface area (Å²) < 4.78 is 52.5. The number of nitrogens with two attached hydrogens (primary N) is 1. The molecule has 0 aliphatic carbocycles. The molecule has 4 rings (SSSR count). The SMILES string of the molecule is CC(CCNc1nc(NC(C)(C)C)ncc1N)OC(=O)NC(C)(C)C.CC(CCn1c(Nc2cc(Cl)cc(C(F)(F)F)c2)nc2cnc(NC(C)(C)C)nc21)OC(=O)NC(C)(C)C. The predicted molar refractivity (Wildman–Crippen MR) is 244 cm³/mol. The van der Waals surface area contributed by atoms with Crippen LogP contribution in [-0.2, 0) is 22.2 Å². The Balaban J connectivity index is 0.000000367. The number of alkyl halides is 3. The van der Waals surface area contributed by atoms with Crippen molar-refractivity contribution in [3.63, 3.8) is 0 Å². The monoisotopic (exact) mass is 907 g/mol. The number of hydrogen-bond donors (Lipinski definition) is 7. The first-order valence-electron chi connectivity index (χ1n) is 20.5. The number of halogens is 4. The first-order chi connectivity index (χ1) is 28.7. The second kappa shape index (κ2) is 20.8. The molecule has 21 heteroatoms. The second-order valence-corrected chi connectivity index (χ2v) is 19.7. The topological polar surface area (TPSA) is 220 Å². The van der Waals surface area contributed by atoms with E-state index in [1.807, 2.05) is 90.0 Å². The Morgan fingerprint density at radius 2 is 1.27 bits per heavy atom. The first kappa shape index (κ1) is 51.8. The molecule has 0 radical (unpaired) electrons. The number of aryl methyl sites for hydroxylation is 1. The Morgan fingerprint density at radius 3 is 1.79 bits per heavy atom. The van der Waals surface area contributed by atoms with Crippen LogP contribution in [0.1, 0.15) is 115 Å². The number of alkyl carbamates (subject to hydrolysis) is 2. The zero-order valence-corrected chi connectivity index (χ0v) is 39.5. The van der Waals surface area contributed by atoms with Gasteiger partial charge in [-0.3, -0.25) is 4.57 Å². The van der Waals surface area contributed by atoms with Crippen LogP contribution in [0.2, 0.25) is 5.02 Å². The summed E-state index contributed by atoms with van der Waals surface area (Å²) in [7, 11) is 0. The van der Waals surface area contributed by atoms with Crippen LogP contribution in [-0.4, -0.2) is 82.6 Å². The minimum absolute atomic E-state index is 0.0756.